The Bertz CT molecular complexity index is 1030. The van der Waals surface area contributed by atoms with Gasteiger partial charge in [-0.3, -0.25) is 0 Å². The molecule has 0 aliphatic carbocycles. The topological polar surface area (TPSA) is 52.6 Å². The van der Waals surface area contributed by atoms with Gasteiger partial charge >= 0.3 is 24.3 Å². The van der Waals surface area contributed by atoms with E-state index in [1.807, 2.05) is 0 Å². The third kappa shape index (κ3) is 5.97. The van der Waals surface area contributed by atoms with Gasteiger partial charge in [-0.2, -0.15) is 26.3 Å². The van der Waals surface area contributed by atoms with Gasteiger partial charge in [-0.15, -0.1) is 0 Å². The Morgan fingerprint density at radius 3 is 1.77 bits per heavy atom. The molecule has 0 radical (unpaired) electrons. The zero-order chi connectivity index (χ0) is 26.6. The van der Waals surface area contributed by atoms with Crippen LogP contribution in [0.2, 0.25) is 0 Å². The molecule has 4 nitrogen and oxygen atoms in total. The molecular weight excluding hydrogens is 478 g/mol. The lowest BCUT2D eigenvalue weighted by molar-refractivity contribution is -0.288. The average Bonchev–Trinajstić information content (AvgIpc) is 2.74. The van der Waals surface area contributed by atoms with Crippen molar-refractivity contribution in [3.8, 4) is 0 Å². The van der Waals surface area contributed by atoms with Gasteiger partial charge in [0.2, 0.25) is 5.41 Å². The van der Waals surface area contributed by atoms with Gasteiger partial charge in [-0.05, 0) is 41.2 Å². The smallest absolute Gasteiger partial charge is 0.411 e. The van der Waals surface area contributed by atoms with Crippen molar-refractivity contribution in [1.29, 1.82) is 0 Å². The van der Waals surface area contributed by atoms with E-state index < -0.39 is 52.0 Å². The molecule has 0 fully saturated rings. The highest BCUT2D eigenvalue weighted by Crippen LogP contribution is 2.57. The third-order valence-electron chi connectivity index (χ3n) is 5.03. The standard InChI is InChI=1S/C25H26F6O4/c1-15(2)13-34-21(32)17-8-7-9-18(12-17)23(24(26,27)28,25(29,30)31)20-11-6-5-10-19(20)22(33)35-14-16(3)4/h5-12,15-16H,13-14H2,1-4H3. The number of carbonyl (C=O) groups is 2. The first-order valence-corrected chi connectivity index (χ1v) is 10.8. The third-order valence-corrected chi connectivity index (χ3v) is 5.03. The number of hydrogen-bond acceptors (Lipinski definition) is 4. The lowest BCUT2D eigenvalue weighted by Crippen LogP contribution is -2.55. The van der Waals surface area contributed by atoms with Crippen LogP contribution in [0.3, 0.4) is 0 Å². The summed E-state index contributed by atoms with van der Waals surface area (Å²) in [7, 11) is 0. The maximum atomic E-state index is 14.6. The molecule has 192 valence electrons. The Balaban J connectivity index is 2.81. The predicted molar refractivity (Wildman–Crippen MR) is 116 cm³/mol. The van der Waals surface area contributed by atoms with Gasteiger partial charge in [0.15, 0.2) is 0 Å². The Hall–Kier alpha value is -3.04. The number of halogens is 6. The molecule has 10 heteroatoms. The second kappa shape index (κ2) is 10.7. The summed E-state index contributed by atoms with van der Waals surface area (Å²) >= 11 is 0. The van der Waals surface area contributed by atoms with E-state index in [1.54, 1.807) is 27.7 Å². The van der Waals surface area contributed by atoms with Gasteiger partial charge in [-0.25, -0.2) is 9.59 Å². The molecule has 0 heterocycles. The Labute approximate surface area is 199 Å². The summed E-state index contributed by atoms with van der Waals surface area (Å²) in [5.74, 6) is -2.69. The molecule has 0 atom stereocenters. The first-order chi connectivity index (χ1) is 16.1. The van der Waals surface area contributed by atoms with Crippen molar-refractivity contribution in [2.75, 3.05) is 13.2 Å². The molecule has 0 aliphatic rings. The van der Waals surface area contributed by atoms with Crippen molar-refractivity contribution in [3.63, 3.8) is 0 Å². The molecule has 0 saturated carbocycles. The molecular formula is C25H26F6O4. The van der Waals surface area contributed by atoms with Crippen molar-refractivity contribution >= 4 is 11.9 Å². The van der Waals surface area contributed by atoms with Gasteiger partial charge in [0.05, 0.1) is 24.3 Å². The highest BCUT2D eigenvalue weighted by Gasteiger charge is 2.73. The fourth-order valence-corrected chi connectivity index (χ4v) is 3.46. The van der Waals surface area contributed by atoms with Crippen LogP contribution in [0.25, 0.3) is 0 Å². The fraction of sp³-hybridized carbons (Fsp3) is 0.440. The van der Waals surface area contributed by atoms with Gasteiger partial charge in [0.25, 0.3) is 0 Å². The molecule has 35 heavy (non-hydrogen) atoms. The highest BCUT2D eigenvalue weighted by atomic mass is 19.4. The van der Waals surface area contributed by atoms with Crippen LogP contribution < -0.4 is 0 Å². The van der Waals surface area contributed by atoms with Crippen LogP contribution in [0.5, 0.6) is 0 Å². The van der Waals surface area contributed by atoms with Crippen LogP contribution in [0.15, 0.2) is 48.5 Å². The average molecular weight is 504 g/mol. The quantitative estimate of drug-likeness (QED) is 0.296. The van der Waals surface area contributed by atoms with Crippen LogP contribution in [-0.2, 0) is 14.9 Å². The summed E-state index contributed by atoms with van der Waals surface area (Å²) in [5, 5.41) is 0. The summed E-state index contributed by atoms with van der Waals surface area (Å²) in [6.45, 7) is 6.50. The summed E-state index contributed by atoms with van der Waals surface area (Å²) in [6.07, 6.45) is -11.9. The minimum Gasteiger partial charge on any atom is -0.462 e. The van der Waals surface area contributed by atoms with Gasteiger partial charge in [-0.1, -0.05) is 58.0 Å². The molecule has 0 bridgehead atoms. The number of esters is 2. The zero-order valence-corrected chi connectivity index (χ0v) is 19.6. The fourth-order valence-electron chi connectivity index (χ4n) is 3.46. The first kappa shape index (κ1) is 28.2. The maximum Gasteiger partial charge on any atom is 0.411 e. The van der Waals surface area contributed by atoms with Gasteiger partial charge in [0.1, 0.15) is 0 Å². The monoisotopic (exact) mass is 504 g/mol. The second-order valence-corrected chi connectivity index (χ2v) is 8.86. The molecule has 0 unspecified atom stereocenters. The minimum absolute atomic E-state index is 0.0722. The molecule has 0 spiro atoms. The number of hydrogen-bond donors (Lipinski definition) is 0. The molecule has 2 aromatic carbocycles. The van der Waals surface area contributed by atoms with Crippen LogP contribution in [0.1, 0.15) is 59.5 Å². The first-order valence-electron chi connectivity index (χ1n) is 10.8. The van der Waals surface area contributed by atoms with Crippen LogP contribution >= 0.6 is 0 Å². The maximum absolute atomic E-state index is 14.6. The Morgan fingerprint density at radius 1 is 0.743 bits per heavy atom. The Morgan fingerprint density at radius 2 is 1.26 bits per heavy atom. The molecule has 0 amide bonds. The number of carbonyl (C=O) groups excluding carboxylic acids is 2. The lowest BCUT2D eigenvalue weighted by Gasteiger charge is -2.39. The largest absolute Gasteiger partial charge is 0.462 e. The number of benzene rings is 2. The van der Waals surface area contributed by atoms with E-state index in [0.717, 1.165) is 30.3 Å². The lowest BCUT2D eigenvalue weighted by atomic mass is 9.71. The normalized spacial score (nSPS) is 12.7. The molecule has 2 aromatic rings. The number of rotatable bonds is 8. The second-order valence-electron chi connectivity index (χ2n) is 8.86. The van der Waals surface area contributed by atoms with E-state index in [0.29, 0.717) is 18.2 Å². The van der Waals surface area contributed by atoms with E-state index in [1.165, 1.54) is 0 Å². The highest BCUT2D eigenvalue weighted by molar-refractivity contribution is 5.92. The molecule has 0 N–H and O–H groups in total. The van der Waals surface area contributed by atoms with Crippen molar-refractivity contribution < 1.29 is 45.4 Å². The van der Waals surface area contributed by atoms with Crippen LogP contribution in [0, 0.1) is 11.8 Å². The molecule has 2 rings (SSSR count). The molecule has 0 aliphatic heterocycles. The summed E-state index contributed by atoms with van der Waals surface area (Å²) in [4.78, 5) is 24.9. The van der Waals surface area contributed by atoms with Crippen molar-refractivity contribution in [1.82, 2.24) is 0 Å². The van der Waals surface area contributed by atoms with Gasteiger partial charge in [0, 0.05) is 0 Å². The van der Waals surface area contributed by atoms with E-state index in [9.17, 15) is 35.9 Å². The summed E-state index contributed by atoms with van der Waals surface area (Å²) < 4.78 is 97.5. The van der Waals surface area contributed by atoms with E-state index in [-0.39, 0.29) is 25.0 Å². The van der Waals surface area contributed by atoms with Crippen LogP contribution in [0.4, 0.5) is 26.3 Å². The van der Waals surface area contributed by atoms with Crippen molar-refractivity contribution in [2.45, 2.75) is 45.5 Å². The predicted octanol–water partition coefficient (Wildman–Crippen LogP) is 6.72. The van der Waals surface area contributed by atoms with E-state index in [2.05, 4.69) is 0 Å². The molecule has 0 aromatic heterocycles. The Kier molecular flexibility index (Phi) is 8.62. The minimum atomic E-state index is -5.94. The molecule has 0 saturated heterocycles. The van der Waals surface area contributed by atoms with E-state index >= 15 is 0 Å². The number of ether oxygens (including phenoxy) is 2. The van der Waals surface area contributed by atoms with Crippen molar-refractivity contribution in [3.05, 3.63) is 70.8 Å². The SMILES string of the molecule is CC(C)COC(=O)c1cccc(C(c2ccccc2C(=O)OCC(C)C)(C(F)(F)F)C(F)(F)F)c1. The van der Waals surface area contributed by atoms with E-state index in [4.69, 9.17) is 9.47 Å². The van der Waals surface area contributed by atoms with Crippen LogP contribution in [-0.4, -0.2) is 37.5 Å². The summed E-state index contributed by atoms with van der Waals surface area (Å²) in [6, 6.07) is 6.66. The van der Waals surface area contributed by atoms with Gasteiger partial charge < -0.3 is 9.47 Å². The number of alkyl halides is 6. The zero-order valence-electron chi connectivity index (χ0n) is 19.6. The van der Waals surface area contributed by atoms with Crippen molar-refractivity contribution in [2.24, 2.45) is 11.8 Å². The summed E-state index contributed by atoms with van der Waals surface area (Å²) in [5.41, 5.74) is -8.61.